The number of alkyl halides is 2. The number of halogens is 3. The molecule has 94 valence electrons. The fourth-order valence-electron chi connectivity index (χ4n) is 1.42. The predicted octanol–water partition coefficient (Wildman–Crippen LogP) is 3.02. The van der Waals surface area contributed by atoms with Crippen LogP contribution < -0.4 is 4.90 Å². The molecule has 0 fully saturated rings. The van der Waals surface area contributed by atoms with E-state index in [-0.39, 0.29) is 11.4 Å². The highest BCUT2D eigenvalue weighted by Crippen LogP contribution is 2.24. The molecule has 1 aromatic rings. The second-order valence-corrected chi connectivity index (χ2v) is 4.01. The molecule has 1 aromatic carbocycles. The average molecular weight is 281 g/mol. The van der Waals surface area contributed by atoms with E-state index < -0.39 is 10.7 Å². The Balaban J connectivity index is 2.99. The van der Waals surface area contributed by atoms with Crippen LogP contribution in [0.25, 0.3) is 0 Å². The lowest BCUT2D eigenvalue weighted by Crippen LogP contribution is -2.28. The van der Waals surface area contributed by atoms with Crippen LogP contribution in [0.1, 0.15) is 0 Å². The summed E-state index contributed by atoms with van der Waals surface area (Å²) >= 11 is 11.2. The zero-order chi connectivity index (χ0) is 12.8. The number of nitro benzene ring substituents is 1. The molecule has 0 radical (unpaired) electrons. The van der Waals surface area contributed by atoms with Gasteiger partial charge in [-0.3, -0.25) is 10.1 Å². The Hall–Kier alpha value is -1.07. The summed E-state index contributed by atoms with van der Waals surface area (Å²) in [6.07, 6.45) is 0. The number of rotatable bonds is 6. The van der Waals surface area contributed by atoms with E-state index in [1.54, 1.807) is 4.90 Å². The third kappa shape index (κ3) is 3.71. The van der Waals surface area contributed by atoms with Gasteiger partial charge in [-0.25, -0.2) is 4.39 Å². The first-order chi connectivity index (χ1) is 8.10. The molecule has 0 aliphatic rings. The average Bonchev–Trinajstić information content (AvgIpc) is 2.28. The van der Waals surface area contributed by atoms with Crippen molar-refractivity contribution >= 4 is 34.6 Å². The molecule has 0 N–H and O–H groups in total. The van der Waals surface area contributed by atoms with Crippen molar-refractivity contribution in [1.29, 1.82) is 0 Å². The maximum Gasteiger partial charge on any atom is 0.272 e. The van der Waals surface area contributed by atoms with Gasteiger partial charge in [-0.15, -0.1) is 23.2 Å². The van der Waals surface area contributed by atoms with Gasteiger partial charge in [0.15, 0.2) is 5.82 Å². The molecule has 0 heterocycles. The number of nitrogens with zero attached hydrogens (tertiary/aromatic N) is 2. The standard InChI is InChI=1S/C10H11Cl2FN2O2/c11-3-5-14(6-4-12)10-2-1-8(15(16)17)7-9(10)13/h1-2,7H,3-6H2. The van der Waals surface area contributed by atoms with Crippen LogP contribution in [-0.2, 0) is 0 Å². The molecular weight excluding hydrogens is 270 g/mol. The maximum atomic E-state index is 13.7. The molecule has 0 saturated carbocycles. The van der Waals surface area contributed by atoms with E-state index in [2.05, 4.69) is 0 Å². The number of non-ortho nitro benzene ring substituents is 1. The molecule has 0 saturated heterocycles. The van der Waals surface area contributed by atoms with Gasteiger partial charge in [-0.05, 0) is 6.07 Å². The maximum absolute atomic E-state index is 13.7. The topological polar surface area (TPSA) is 46.4 Å². The van der Waals surface area contributed by atoms with Gasteiger partial charge in [0.05, 0.1) is 16.7 Å². The van der Waals surface area contributed by atoms with Gasteiger partial charge in [0.1, 0.15) is 0 Å². The van der Waals surface area contributed by atoms with Crippen molar-refractivity contribution in [2.45, 2.75) is 0 Å². The molecule has 4 nitrogen and oxygen atoms in total. The number of hydrogen-bond donors (Lipinski definition) is 0. The molecular formula is C10H11Cl2FN2O2. The van der Waals surface area contributed by atoms with E-state index in [0.29, 0.717) is 24.8 Å². The minimum absolute atomic E-state index is 0.275. The van der Waals surface area contributed by atoms with Crippen LogP contribution in [0.2, 0.25) is 0 Å². The van der Waals surface area contributed by atoms with E-state index in [9.17, 15) is 14.5 Å². The first-order valence-corrected chi connectivity index (χ1v) is 5.98. The van der Waals surface area contributed by atoms with Gasteiger partial charge in [0, 0.05) is 30.9 Å². The van der Waals surface area contributed by atoms with Crippen LogP contribution in [0.5, 0.6) is 0 Å². The number of anilines is 1. The van der Waals surface area contributed by atoms with Crippen molar-refractivity contribution in [1.82, 2.24) is 0 Å². The summed E-state index contributed by atoms with van der Waals surface area (Å²) in [6.45, 7) is 0.867. The Morgan fingerprint density at radius 3 is 2.29 bits per heavy atom. The van der Waals surface area contributed by atoms with Gasteiger partial charge in [-0.1, -0.05) is 0 Å². The number of hydrogen-bond acceptors (Lipinski definition) is 3. The first-order valence-electron chi connectivity index (χ1n) is 4.91. The Morgan fingerprint density at radius 2 is 1.88 bits per heavy atom. The summed E-state index contributed by atoms with van der Waals surface area (Å²) in [5.74, 6) is 0.00936. The van der Waals surface area contributed by atoms with Gasteiger partial charge in [0.25, 0.3) is 5.69 Å². The highest BCUT2D eigenvalue weighted by Gasteiger charge is 2.15. The normalized spacial score (nSPS) is 10.3. The van der Waals surface area contributed by atoms with Crippen LogP contribution in [-0.4, -0.2) is 29.8 Å². The fourth-order valence-corrected chi connectivity index (χ4v) is 1.83. The second-order valence-electron chi connectivity index (χ2n) is 3.26. The molecule has 7 heteroatoms. The van der Waals surface area contributed by atoms with Crippen molar-refractivity contribution in [3.05, 3.63) is 34.1 Å². The van der Waals surface area contributed by atoms with Crippen LogP contribution >= 0.6 is 23.2 Å². The van der Waals surface area contributed by atoms with E-state index in [0.717, 1.165) is 6.07 Å². The van der Waals surface area contributed by atoms with E-state index >= 15 is 0 Å². The third-order valence-electron chi connectivity index (χ3n) is 2.19. The monoisotopic (exact) mass is 280 g/mol. The molecule has 17 heavy (non-hydrogen) atoms. The Kier molecular flexibility index (Phi) is 5.44. The first kappa shape index (κ1) is 14.0. The summed E-state index contributed by atoms with van der Waals surface area (Å²) in [4.78, 5) is 11.5. The van der Waals surface area contributed by atoms with Crippen molar-refractivity contribution < 1.29 is 9.31 Å². The van der Waals surface area contributed by atoms with Crippen LogP contribution in [0, 0.1) is 15.9 Å². The van der Waals surface area contributed by atoms with Crippen LogP contribution in [0.3, 0.4) is 0 Å². The largest absolute Gasteiger partial charge is 0.367 e. The third-order valence-corrected chi connectivity index (χ3v) is 2.53. The van der Waals surface area contributed by atoms with Gasteiger partial charge < -0.3 is 4.90 Å². The van der Waals surface area contributed by atoms with E-state index in [4.69, 9.17) is 23.2 Å². The lowest BCUT2D eigenvalue weighted by Gasteiger charge is -2.23. The fraction of sp³-hybridized carbons (Fsp3) is 0.400. The second kappa shape index (κ2) is 6.61. The summed E-state index contributed by atoms with van der Waals surface area (Å²) in [7, 11) is 0. The zero-order valence-corrected chi connectivity index (χ0v) is 10.4. The van der Waals surface area contributed by atoms with Crippen molar-refractivity contribution in [2.75, 3.05) is 29.7 Å². The Labute approximate surface area is 108 Å². The highest BCUT2D eigenvalue weighted by molar-refractivity contribution is 6.18. The predicted molar refractivity (Wildman–Crippen MR) is 66.7 cm³/mol. The lowest BCUT2D eigenvalue weighted by molar-refractivity contribution is -0.385. The molecule has 0 unspecified atom stereocenters. The molecule has 0 amide bonds. The molecule has 0 aromatic heterocycles. The summed E-state index contributed by atoms with van der Waals surface area (Å²) in [5.41, 5.74) is -0.000142. The van der Waals surface area contributed by atoms with Crippen molar-refractivity contribution in [3.8, 4) is 0 Å². The summed E-state index contributed by atoms with van der Waals surface area (Å²) in [6, 6.07) is 3.52. The molecule has 0 spiro atoms. The highest BCUT2D eigenvalue weighted by atomic mass is 35.5. The molecule has 0 atom stereocenters. The van der Waals surface area contributed by atoms with Crippen molar-refractivity contribution in [2.24, 2.45) is 0 Å². The van der Waals surface area contributed by atoms with Crippen LogP contribution in [0.4, 0.5) is 15.8 Å². The lowest BCUT2D eigenvalue weighted by atomic mass is 10.2. The van der Waals surface area contributed by atoms with Crippen LogP contribution in [0.15, 0.2) is 18.2 Å². The van der Waals surface area contributed by atoms with Crippen molar-refractivity contribution in [3.63, 3.8) is 0 Å². The zero-order valence-electron chi connectivity index (χ0n) is 8.91. The smallest absolute Gasteiger partial charge is 0.272 e. The molecule has 0 aliphatic carbocycles. The summed E-state index contributed by atoms with van der Waals surface area (Å²) in [5, 5.41) is 10.5. The molecule has 1 rings (SSSR count). The van der Waals surface area contributed by atoms with Gasteiger partial charge in [0.2, 0.25) is 0 Å². The summed E-state index contributed by atoms with van der Waals surface area (Å²) < 4.78 is 13.7. The minimum Gasteiger partial charge on any atom is -0.367 e. The Bertz CT molecular complexity index is 398. The Morgan fingerprint density at radius 1 is 1.29 bits per heavy atom. The molecule has 0 aliphatic heterocycles. The van der Waals surface area contributed by atoms with E-state index in [1.165, 1.54) is 12.1 Å². The SMILES string of the molecule is O=[N+]([O-])c1ccc(N(CCCl)CCCl)c(F)c1. The van der Waals surface area contributed by atoms with E-state index in [1.807, 2.05) is 0 Å². The number of benzene rings is 1. The molecule has 0 bridgehead atoms. The minimum atomic E-state index is -0.644. The van der Waals surface area contributed by atoms with Gasteiger partial charge in [-0.2, -0.15) is 0 Å². The quantitative estimate of drug-likeness (QED) is 0.457. The number of nitro groups is 1. The van der Waals surface area contributed by atoms with Gasteiger partial charge >= 0.3 is 0 Å².